The first-order chi connectivity index (χ1) is 15.2. The topological polar surface area (TPSA) is 70.2 Å². The van der Waals surface area contributed by atoms with Crippen LogP contribution in [0.5, 0.6) is 0 Å². The molecule has 2 N–H and O–H groups in total. The van der Waals surface area contributed by atoms with Crippen LogP contribution in [-0.2, 0) is 0 Å². The lowest BCUT2D eigenvalue weighted by Gasteiger charge is -2.26. The fourth-order valence-corrected chi connectivity index (χ4v) is 4.76. The second-order valence-electron chi connectivity index (χ2n) is 8.45. The Morgan fingerprint density at radius 2 is 1.84 bits per heavy atom. The van der Waals surface area contributed by atoms with Crippen molar-refractivity contribution in [2.75, 3.05) is 25.0 Å². The Labute approximate surface area is 182 Å². The zero-order valence-corrected chi connectivity index (χ0v) is 17.5. The molecule has 6 heteroatoms. The highest BCUT2D eigenvalue weighted by molar-refractivity contribution is 5.95. The SMILES string of the molecule is O=C(NCCN1CC2CCC1C2)c1cccc(Nc2ncc(-c3ccccc3)cn2)c1. The number of benzene rings is 2. The summed E-state index contributed by atoms with van der Waals surface area (Å²) in [7, 11) is 0. The lowest BCUT2D eigenvalue weighted by atomic mass is 10.1. The van der Waals surface area contributed by atoms with E-state index in [4.69, 9.17) is 0 Å². The molecule has 1 saturated carbocycles. The van der Waals surface area contributed by atoms with Crippen molar-refractivity contribution in [1.29, 1.82) is 0 Å². The van der Waals surface area contributed by atoms with E-state index in [0.29, 0.717) is 18.1 Å². The van der Waals surface area contributed by atoms with Crippen molar-refractivity contribution in [3.63, 3.8) is 0 Å². The monoisotopic (exact) mass is 413 g/mol. The van der Waals surface area contributed by atoms with Gasteiger partial charge in [-0.3, -0.25) is 9.69 Å². The van der Waals surface area contributed by atoms with E-state index in [0.717, 1.165) is 35.3 Å². The molecule has 3 aromatic rings. The van der Waals surface area contributed by atoms with Crippen molar-refractivity contribution in [1.82, 2.24) is 20.2 Å². The molecule has 2 bridgehead atoms. The van der Waals surface area contributed by atoms with E-state index >= 15 is 0 Å². The Bertz CT molecular complexity index is 1040. The minimum absolute atomic E-state index is 0.0478. The molecule has 1 aromatic heterocycles. The number of carbonyl (C=O) groups is 1. The summed E-state index contributed by atoms with van der Waals surface area (Å²) in [4.78, 5) is 23.9. The molecule has 0 spiro atoms. The molecule has 2 aliphatic rings. The summed E-state index contributed by atoms with van der Waals surface area (Å²) in [5.41, 5.74) is 3.46. The number of hydrogen-bond donors (Lipinski definition) is 2. The van der Waals surface area contributed by atoms with Crippen LogP contribution in [0.1, 0.15) is 29.6 Å². The first-order valence-corrected chi connectivity index (χ1v) is 11.0. The maximum Gasteiger partial charge on any atom is 0.251 e. The predicted octanol–water partition coefficient (Wildman–Crippen LogP) is 4.10. The number of rotatable bonds is 7. The smallest absolute Gasteiger partial charge is 0.251 e. The van der Waals surface area contributed by atoms with Gasteiger partial charge >= 0.3 is 0 Å². The van der Waals surface area contributed by atoms with Gasteiger partial charge in [-0.15, -0.1) is 0 Å². The zero-order chi connectivity index (χ0) is 21.0. The maximum absolute atomic E-state index is 12.6. The van der Waals surface area contributed by atoms with Crippen molar-refractivity contribution in [3.8, 4) is 11.1 Å². The van der Waals surface area contributed by atoms with Crippen LogP contribution in [0.2, 0.25) is 0 Å². The molecule has 31 heavy (non-hydrogen) atoms. The average Bonchev–Trinajstić information content (AvgIpc) is 3.44. The minimum Gasteiger partial charge on any atom is -0.351 e. The van der Waals surface area contributed by atoms with Gasteiger partial charge in [0.1, 0.15) is 0 Å². The van der Waals surface area contributed by atoms with Crippen molar-refractivity contribution in [2.45, 2.75) is 25.3 Å². The van der Waals surface area contributed by atoms with Crippen LogP contribution in [-0.4, -0.2) is 46.5 Å². The summed E-state index contributed by atoms with van der Waals surface area (Å²) in [6.45, 7) is 2.82. The highest BCUT2D eigenvalue weighted by Crippen LogP contribution is 2.36. The first kappa shape index (κ1) is 19.7. The summed E-state index contributed by atoms with van der Waals surface area (Å²) in [5.74, 6) is 1.34. The van der Waals surface area contributed by atoms with Gasteiger partial charge in [-0.1, -0.05) is 36.4 Å². The van der Waals surface area contributed by atoms with Crippen LogP contribution in [0.25, 0.3) is 11.1 Å². The van der Waals surface area contributed by atoms with Crippen LogP contribution >= 0.6 is 0 Å². The maximum atomic E-state index is 12.6. The molecule has 2 aromatic carbocycles. The van der Waals surface area contributed by atoms with Crippen LogP contribution in [0.15, 0.2) is 67.0 Å². The lowest BCUT2D eigenvalue weighted by molar-refractivity contribution is 0.0945. The zero-order valence-electron chi connectivity index (χ0n) is 17.5. The number of hydrogen-bond acceptors (Lipinski definition) is 5. The van der Waals surface area contributed by atoms with E-state index < -0.39 is 0 Å². The van der Waals surface area contributed by atoms with Crippen molar-refractivity contribution in [2.24, 2.45) is 5.92 Å². The second-order valence-corrected chi connectivity index (χ2v) is 8.45. The van der Waals surface area contributed by atoms with Crippen molar-refractivity contribution in [3.05, 3.63) is 72.6 Å². The highest BCUT2D eigenvalue weighted by atomic mass is 16.1. The number of amides is 1. The Morgan fingerprint density at radius 1 is 1.00 bits per heavy atom. The third-order valence-electron chi connectivity index (χ3n) is 6.35. The number of piperidine rings is 1. The lowest BCUT2D eigenvalue weighted by Crippen LogP contribution is -2.39. The molecule has 1 aliphatic carbocycles. The summed E-state index contributed by atoms with van der Waals surface area (Å²) < 4.78 is 0. The van der Waals surface area contributed by atoms with Crippen molar-refractivity contribution >= 4 is 17.5 Å². The second kappa shape index (κ2) is 8.86. The predicted molar refractivity (Wildman–Crippen MR) is 122 cm³/mol. The average molecular weight is 414 g/mol. The summed E-state index contributed by atoms with van der Waals surface area (Å²) >= 11 is 0. The molecule has 158 valence electrons. The number of nitrogens with zero attached hydrogens (tertiary/aromatic N) is 3. The van der Waals surface area contributed by atoms with Crippen molar-refractivity contribution < 1.29 is 4.79 Å². The van der Waals surface area contributed by atoms with Crippen LogP contribution in [0.3, 0.4) is 0 Å². The molecular formula is C25H27N5O. The molecule has 5 rings (SSSR count). The molecule has 2 unspecified atom stereocenters. The van der Waals surface area contributed by atoms with Gasteiger partial charge in [-0.05, 0) is 48.9 Å². The van der Waals surface area contributed by atoms with E-state index in [9.17, 15) is 4.79 Å². The molecule has 2 atom stereocenters. The van der Waals surface area contributed by atoms with Gasteiger partial charge in [0.15, 0.2) is 0 Å². The molecule has 1 aliphatic heterocycles. The van der Waals surface area contributed by atoms with Gasteiger partial charge in [-0.2, -0.15) is 0 Å². The highest BCUT2D eigenvalue weighted by Gasteiger charge is 2.37. The fraction of sp³-hybridized carbons (Fsp3) is 0.320. The number of aromatic nitrogens is 2. The molecule has 0 radical (unpaired) electrons. The standard InChI is InChI=1S/C25H27N5O/c31-24(26-11-12-30-17-18-9-10-23(30)13-18)20-7-4-8-22(14-20)29-25-27-15-21(16-28-25)19-5-2-1-3-6-19/h1-8,14-16,18,23H,9-13,17H2,(H,26,31)(H,27,28,29). The molecule has 6 nitrogen and oxygen atoms in total. The van der Waals surface area contributed by atoms with Gasteiger partial charge in [0, 0.05) is 54.9 Å². The third-order valence-corrected chi connectivity index (χ3v) is 6.35. The molecule has 2 fully saturated rings. The Kier molecular flexibility index (Phi) is 5.63. The van der Waals surface area contributed by atoms with Gasteiger partial charge in [-0.25, -0.2) is 9.97 Å². The number of carbonyl (C=O) groups excluding carboxylic acids is 1. The largest absolute Gasteiger partial charge is 0.351 e. The fourth-order valence-electron chi connectivity index (χ4n) is 4.76. The number of likely N-dealkylation sites (tertiary alicyclic amines) is 1. The van der Waals surface area contributed by atoms with Crippen LogP contribution < -0.4 is 10.6 Å². The molecule has 1 amide bonds. The van der Waals surface area contributed by atoms with E-state index in [-0.39, 0.29) is 5.91 Å². The number of nitrogens with one attached hydrogen (secondary N) is 2. The summed E-state index contributed by atoms with van der Waals surface area (Å²) in [6.07, 6.45) is 7.64. The van der Waals surface area contributed by atoms with Gasteiger partial charge < -0.3 is 10.6 Å². The normalized spacial score (nSPS) is 20.0. The van der Waals surface area contributed by atoms with Gasteiger partial charge in [0.05, 0.1) is 0 Å². The Hall–Kier alpha value is -3.25. The summed E-state index contributed by atoms with van der Waals surface area (Å²) in [6, 6.07) is 18.2. The number of anilines is 2. The van der Waals surface area contributed by atoms with E-state index in [1.54, 1.807) is 12.4 Å². The van der Waals surface area contributed by atoms with Gasteiger partial charge in [0.2, 0.25) is 5.95 Å². The molecule has 1 saturated heterocycles. The first-order valence-electron chi connectivity index (χ1n) is 11.0. The Balaban J connectivity index is 1.16. The number of fused-ring (bicyclic) bond motifs is 2. The Morgan fingerprint density at radius 3 is 2.58 bits per heavy atom. The van der Waals surface area contributed by atoms with E-state index in [1.807, 2.05) is 54.6 Å². The van der Waals surface area contributed by atoms with Crippen LogP contribution in [0, 0.1) is 5.92 Å². The summed E-state index contributed by atoms with van der Waals surface area (Å²) in [5, 5.41) is 6.25. The van der Waals surface area contributed by atoms with E-state index in [1.165, 1.54) is 25.8 Å². The van der Waals surface area contributed by atoms with Gasteiger partial charge in [0.25, 0.3) is 5.91 Å². The molecular weight excluding hydrogens is 386 g/mol. The van der Waals surface area contributed by atoms with Crippen LogP contribution in [0.4, 0.5) is 11.6 Å². The quantitative estimate of drug-likeness (QED) is 0.610. The third kappa shape index (κ3) is 4.59. The minimum atomic E-state index is -0.0478. The molecule has 2 heterocycles. The van der Waals surface area contributed by atoms with E-state index in [2.05, 4.69) is 25.5 Å².